The molecule has 2 heterocycles. The number of fused-ring (bicyclic) bond motifs is 1. The topological polar surface area (TPSA) is 60.9 Å². The molecule has 4 aromatic rings. The van der Waals surface area contributed by atoms with Gasteiger partial charge < -0.3 is 5.73 Å². The summed E-state index contributed by atoms with van der Waals surface area (Å²) in [7, 11) is 0. The maximum absolute atomic E-state index is 13.4. The van der Waals surface area contributed by atoms with Crippen molar-refractivity contribution < 1.29 is 0 Å². The van der Waals surface area contributed by atoms with E-state index < -0.39 is 0 Å². The third kappa shape index (κ3) is 2.65. The minimum absolute atomic E-state index is 0.207. The fourth-order valence-electron chi connectivity index (χ4n) is 3.10. The molecule has 0 bridgehead atoms. The summed E-state index contributed by atoms with van der Waals surface area (Å²) in [5.74, 6) is 0. The zero-order chi connectivity index (χ0) is 18.3. The highest BCUT2D eigenvalue weighted by molar-refractivity contribution is 6.30. The lowest BCUT2D eigenvalue weighted by Crippen LogP contribution is -2.23. The van der Waals surface area contributed by atoms with Gasteiger partial charge in [0.25, 0.3) is 5.56 Å². The molecule has 2 aromatic carbocycles. The summed E-state index contributed by atoms with van der Waals surface area (Å²) < 4.78 is 1.59. The molecule has 5 heteroatoms. The Bertz CT molecular complexity index is 1170. The van der Waals surface area contributed by atoms with E-state index >= 15 is 0 Å². The molecule has 0 radical (unpaired) electrons. The molecule has 4 rings (SSSR count). The number of hydrogen-bond donors (Lipinski definition) is 1. The minimum atomic E-state index is -0.207. The predicted octanol–water partition coefficient (Wildman–Crippen LogP) is 4.60. The summed E-state index contributed by atoms with van der Waals surface area (Å²) in [4.78, 5) is 18.0. The van der Waals surface area contributed by atoms with Crippen molar-refractivity contribution in [3.63, 3.8) is 0 Å². The van der Waals surface area contributed by atoms with E-state index in [0.717, 1.165) is 16.6 Å². The van der Waals surface area contributed by atoms with Gasteiger partial charge in [0.2, 0.25) is 0 Å². The van der Waals surface area contributed by atoms with Gasteiger partial charge in [-0.3, -0.25) is 9.36 Å². The first-order chi connectivity index (χ1) is 12.6. The number of hydrogen-bond acceptors (Lipinski definition) is 3. The SMILES string of the molecule is Cc1ccc2c(N)c(-c3ccccc3)c(=O)n(-c3ccc(Cl)cc3)c2n1. The molecule has 0 saturated heterocycles. The van der Waals surface area contributed by atoms with Crippen LogP contribution in [0.4, 0.5) is 5.69 Å². The molecule has 128 valence electrons. The van der Waals surface area contributed by atoms with E-state index in [-0.39, 0.29) is 5.56 Å². The highest BCUT2D eigenvalue weighted by Gasteiger charge is 2.18. The van der Waals surface area contributed by atoms with Crippen molar-refractivity contribution in [3.8, 4) is 16.8 Å². The molecule has 0 saturated carbocycles. The van der Waals surface area contributed by atoms with Crippen molar-refractivity contribution in [3.05, 3.63) is 87.8 Å². The Morgan fingerprint density at radius 2 is 1.65 bits per heavy atom. The van der Waals surface area contributed by atoms with E-state index in [1.54, 1.807) is 28.8 Å². The van der Waals surface area contributed by atoms with Crippen molar-refractivity contribution in [1.82, 2.24) is 9.55 Å². The molecule has 2 aromatic heterocycles. The van der Waals surface area contributed by atoms with Crippen molar-refractivity contribution in [1.29, 1.82) is 0 Å². The standard InChI is InChI=1S/C21H16ClN3O/c1-13-7-12-17-19(23)18(14-5-3-2-4-6-14)21(26)25(20(17)24-13)16-10-8-15(22)9-11-16/h2-12H,23H2,1H3. The molecule has 0 atom stereocenters. The van der Waals surface area contributed by atoms with E-state index in [1.165, 1.54) is 0 Å². The molecule has 0 aliphatic heterocycles. The summed E-state index contributed by atoms with van der Waals surface area (Å²) in [5.41, 5.74) is 9.92. The average molecular weight is 362 g/mol. The van der Waals surface area contributed by atoms with E-state index in [4.69, 9.17) is 17.3 Å². The second-order valence-corrected chi connectivity index (χ2v) is 6.53. The normalized spacial score (nSPS) is 11.0. The molecule has 0 unspecified atom stereocenters. The number of pyridine rings is 2. The van der Waals surface area contributed by atoms with E-state index in [9.17, 15) is 4.79 Å². The Morgan fingerprint density at radius 3 is 2.35 bits per heavy atom. The molecular weight excluding hydrogens is 346 g/mol. The zero-order valence-corrected chi connectivity index (χ0v) is 14.9. The summed E-state index contributed by atoms with van der Waals surface area (Å²) in [6, 6.07) is 20.4. The number of rotatable bonds is 2. The molecule has 4 nitrogen and oxygen atoms in total. The van der Waals surface area contributed by atoms with Gasteiger partial charge in [-0.25, -0.2) is 4.98 Å². The van der Waals surface area contributed by atoms with Gasteiger partial charge >= 0.3 is 0 Å². The van der Waals surface area contributed by atoms with Crippen LogP contribution in [0.25, 0.3) is 27.8 Å². The highest BCUT2D eigenvalue weighted by atomic mass is 35.5. The van der Waals surface area contributed by atoms with Gasteiger partial charge in [-0.2, -0.15) is 0 Å². The first-order valence-corrected chi connectivity index (χ1v) is 8.57. The van der Waals surface area contributed by atoms with Crippen molar-refractivity contribution in [2.45, 2.75) is 6.92 Å². The van der Waals surface area contributed by atoms with Crippen LogP contribution in [0, 0.1) is 6.92 Å². The van der Waals surface area contributed by atoms with Gasteiger partial charge in [-0.1, -0.05) is 41.9 Å². The number of benzene rings is 2. The van der Waals surface area contributed by atoms with Crippen LogP contribution in [0.5, 0.6) is 0 Å². The molecule has 0 aliphatic rings. The molecular formula is C21H16ClN3O. The van der Waals surface area contributed by atoms with Crippen LogP contribution in [0.2, 0.25) is 5.02 Å². The van der Waals surface area contributed by atoms with Crippen LogP contribution in [-0.4, -0.2) is 9.55 Å². The number of aromatic nitrogens is 2. The summed E-state index contributed by atoms with van der Waals surface area (Å²) in [5, 5.41) is 1.35. The van der Waals surface area contributed by atoms with Crippen LogP contribution in [0.15, 0.2) is 71.5 Å². The maximum Gasteiger partial charge on any atom is 0.266 e. The number of anilines is 1. The third-order valence-electron chi connectivity index (χ3n) is 4.35. The first-order valence-electron chi connectivity index (χ1n) is 8.19. The van der Waals surface area contributed by atoms with Gasteiger partial charge in [0.1, 0.15) is 5.65 Å². The number of nitrogens with two attached hydrogens (primary N) is 1. The predicted molar refractivity (Wildman–Crippen MR) is 107 cm³/mol. The summed E-state index contributed by atoms with van der Waals surface area (Å²) in [6.45, 7) is 1.89. The van der Waals surface area contributed by atoms with Crippen LogP contribution >= 0.6 is 11.6 Å². The Hall–Kier alpha value is -3.11. The first kappa shape index (κ1) is 16.4. The number of nitrogens with zero attached hydrogens (tertiary/aromatic N) is 2. The van der Waals surface area contributed by atoms with Gasteiger partial charge in [-0.15, -0.1) is 0 Å². The fraction of sp³-hybridized carbons (Fsp3) is 0.0476. The van der Waals surface area contributed by atoms with E-state index in [2.05, 4.69) is 4.98 Å². The van der Waals surface area contributed by atoms with E-state index in [0.29, 0.717) is 27.6 Å². The maximum atomic E-state index is 13.4. The summed E-state index contributed by atoms with van der Waals surface area (Å²) in [6.07, 6.45) is 0. The average Bonchev–Trinajstić information content (AvgIpc) is 2.64. The Morgan fingerprint density at radius 1 is 0.962 bits per heavy atom. The van der Waals surface area contributed by atoms with Crippen molar-refractivity contribution in [2.24, 2.45) is 0 Å². The van der Waals surface area contributed by atoms with Crippen LogP contribution in [-0.2, 0) is 0 Å². The monoisotopic (exact) mass is 361 g/mol. The zero-order valence-electron chi connectivity index (χ0n) is 14.1. The minimum Gasteiger partial charge on any atom is -0.397 e. The molecule has 26 heavy (non-hydrogen) atoms. The fourth-order valence-corrected chi connectivity index (χ4v) is 3.22. The molecule has 0 amide bonds. The third-order valence-corrected chi connectivity index (χ3v) is 4.60. The Kier molecular flexibility index (Phi) is 3.98. The van der Waals surface area contributed by atoms with Gasteiger partial charge in [0, 0.05) is 16.1 Å². The van der Waals surface area contributed by atoms with Gasteiger partial charge in [-0.05, 0) is 48.9 Å². The number of halogens is 1. The largest absolute Gasteiger partial charge is 0.397 e. The number of aryl methyl sites for hydroxylation is 1. The van der Waals surface area contributed by atoms with Crippen LogP contribution in [0.3, 0.4) is 0 Å². The van der Waals surface area contributed by atoms with Crippen LogP contribution < -0.4 is 11.3 Å². The molecule has 2 N–H and O–H groups in total. The smallest absolute Gasteiger partial charge is 0.266 e. The van der Waals surface area contributed by atoms with Crippen molar-refractivity contribution >= 4 is 28.3 Å². The molecule has 0 aliphatic carbocycles. The molecule has 0 spiro atoms. The second-order valence-electron chi connectivity index (χ2n) is 6.10. The van der Waals surface area contributed by atoms with Gasteiger partial charge in [0.05, 0.1) is 16.9 Å². The lowest BCUT2D eigenvalue weighted by atomic mass is 10.0. The van der Waals surface area contributed by atoms with E-state index in [1.807, 2.05) is 49.4 Å². The molecule has 0 fully saturated rings. The lowest BCUT2D eigenvalue weighted by Gasteiger charge is -2.16. The van der Waals surface area contributed by atoms with Crippen LogP contribution in [0.1, 0.15) is 5.69 Å². The number of nitrogen functional groups attached to an aromatic ring is 1. The van der Waals surface area contributed by atoms with Gasteiger partial charge in [0.15, 0.2) is 0 Å². The van der Waals surface area contributed by atoms with Crippen molar-refractivity contribution in [2.75, 3.05) is 5.73 Å². The Labute approximate surface area is 155 Å². The Balaban J connectivity index is 2.17. The quantitative estimate of drug-likeness (QED) is 0.567. The highest BCUT2D eigenvalue weighted by Crippen LogP contribution is 2.30. The lowest BCUT2D eigenvalue weighted by molar-refractivity contribution is 1.01. The summed E-state index contributed by atoms with van der Waals surface area (Å²) >= 11 is 6.01. The second kappa shape index (κ2) is 6.32.